The van der Waals surface area contributed by atoms with Gasteiger partial charge < -0.3 is 9.47 Å². The summed E-state index contributed by atoms with van der Waals surface area (Å²) in [4.78, 5) is 33.3. The zero-order chi connectivity index (χ0) is 28.2. The van der Waals surface area contributed by atoms with Crippen LogP contribution in [0, 0.1) is 6.92 Å². The normalized spacial score (nSPS) is 22.0. The van der Waals surface area contributed by atoms with Gasteiger partial charge >= 0.3 is 18.2 Å². The second-order valence-electron chi connectivity index (χ2n) is 9.27. The molecule has 2 atom stereocenters. The number of hydrogen-bond donors (Lipinski definition) is 0. The molecule has 0 radical (unpaired) electrons. The molecule has 0 fully saturated rings. The van der Waals surface area contributed by atoms with E-state index in [1.165, 1.54) is 36.3 Å². The van der Waals surface area contributed by atoms with Crippen LogP contribution < -0.4 is 9.64 Å². The number of urea groups is 1. The van der Waals surface area contributed by atoms with Gasteiger partial charge in [-0.1, -0.05) is 53.6 Å². The van der Waals surface area contributed by atoms with Gasteiger partial charge in [-0.05, 0) is 48.4 Å². The average molecular weight is 558 g/mol. The Morgan fingerprint density at radius 3 is 2.28 bits per heavy atom. The highest BCUT2D eigenvalue weighted by atomic mass is 35.5. The monoisotopic (exact) mass is 557 g/mol. The Labute approximate surface area is 227 Å². The summed E-state index contributed by atoms with van der Waals surface area (Å²) in [7, 11) is 2.49. The number of fused-ring (bicyclic) bond motifs is 3. The number of methoxy groups -OCH3 is 2. The summed E-state index contributed by atoms with van der Waals surface area (Å²) in [6, 6.07) is 15.6. The Hall–Kier alpha value is -4.05. The van der Waals surface area contributed by atoms with Crippen LogP contribution >= 0.6 is 11.6 Å². The van der Waals surface area contributed by atoms with Crippen LogP contribution in [0.5, 0.6) is 5.75 Å². The van der Waals surface area contributed by atoms with Crippen molar-refractivity contribution in [3.05, 3.63) is 94.0 Å². The van der Waals surface area contributed by atoms with Crippen LogP contribution in [0.25, 0.3) is 0 Å². The van der Waals surface area contributed by atoms with E-state index in [2.05, 4.69) is 4.99 Å². The summed E-state index contributed by atoms with van der Waals surface area (Å²) in [5.74, 6) is -0.690. The highest BCUT2D eigenvalue weighted by molar-refractivity contribution is 6.30. The number of benzene rings is 3. The number of nitrogens with zero attached hydrogens (tertiary/aromatic N) is 3. The van der Waals surface area contributed by atoms with Crippen molar-refractivity contribution in [2.45, 2.75) is 30.7 Å². The Balaban J connectivity index is 1.81. The molecule has 3 aromatic carbocycles. The van der Waals surface area contributed by atoms with Crippen LogP contribution in [-0.4, -0.2) is 43.6 Å². The van der Waals surface area contributed by atoms with E-state index in [0.29, 0.717) is 16.2 Å². The molecule has 0 spiro atoms. The van der Waals surface area contributed by atoms with Crippen LogP contribution in [0.15, 0.2) is 71.7 Å². The Kier molecular flexibility index (Phi) is 6.33. The van der Waals surface area contributed by atoms with Gasteiger partial charge in [0.05, 0.1) is 32.8 Å². The van der Waals surface area contributed by atoms with Crippen molar-refractivity contribution in [2.75, 3.05) is 19.1 Å². The average Bonchev–Trinajstić information content (AvgIpc) is 3.30. The van der Waals surface area contributed by atoms with E-state index in [1.54, 1.807) is 43.3 Å². The van der Waals surface area contributed by atoms with E-state index in [1.807, 2.05) is 0 Å². The first kappa shape index (κ1) is 26.6. The van der Waals surface area contributed by atoms with E-state index in [-0.39, 0.29) is 22.8 Å². The topological polar surface area (TPSA) is 71.4 Å². The minimum Gasteiger partial charge on any atom is -0.497 e. The SMILES string of the molecule is COC(=O)[C@]1(c2ccc(C)cc2)N=CN2C(=O)N(Cc3ccc(OC)cc3)c3ccc(Cl)cc3[C@]21C(F)(F)F. The molecule has 2 aliphatic rings. The molecule has 3 aromatic rings. The van der Waals surface area contributed by atoms with Gasteiger partial charge in [-0.3, -0.25) is 9.80 Å². The molecular weight excluding hydrogens is 535 g/mol. The molecule has 2 aliphatic heterocycles. The molecule has 0 aliphatic carbocycles. The van der Waals surface area contributed by atoms with Gasteiger partial charge in [0.1, 0.15) is 5.75 Å². The number of ether oxygens (including phenoxy) is 2. The summed E-state index contributed by atoms with van der Waals surface area (Å²) in [6.07, 6.45) is -4.43. The molecule has 202 valence electrons. The van der Waals surface area contributed by atoms with Gasteiger partial charge in [-0.2, -0.15) is 13.2 Å². The van der Waals surface area contributed by atoms with E-state index in [4.69, 9.17) is 21.1 Å². The molecule has 0 saturated carbocycles. The lowest BCUT2D eigenvalue weighted by atomic mass is 9.66. The first-order valence-electron chi connectivity index (χ1n) is 11.8. The zero-order valence-electron chi connectivity index (χ0n) is 21.1. The van der Waals surface area contributed by atoms with Crippen LogP contribution in [0.2, 0.25) is 5.02 Å². The van der Waals surface area contributed by atoms with Gasteiger partial charge in [0.25, 0.3) is 0 Å². The maximum absolute atomic E-state index is 15.7. The third-order valence-electron chi connectivity index (χ3n) is 7.19. The van der Waals surface area contributed by atoms with Crippen molar-refractivity contribution in [1.82, 2.24) is 4.90 Å². The lowest BCUT2D eigenvalue weighted by molar-refractivity contribution is -0.239. The minimum absolute atomic E-state index is 0.00866. The molecule has 39 heavy (non-hydrogen) atoms. The third kappa shape index (κ3) is 3.69. The maximum Gasteiger partial charge on any atom is 0.419 e. The maximum atomic E-state index is 15.7. The zero-order valence-corrected chi connectivity index (χ0v) is 21.9. The fourth-order valence-electron chi connectivity index (χ4n) is 5.39. The van der Waals surface area contributed by atoms with Crippen molar-refractivity contribution >= 4 is 35.6 Å². The highest BCUT2D eigenvalue weighted by Gasteiger charge is 2.80. The number of aliphatic imine (C=N–C) groups is 1. The molecule has 2 heterocycles. The van der Waals surface area contributed by atoms with Crippen LogP contribution in [0.4, 0.5) is 23.7 Å². The second kappa shape index (κ2) is 9.30. The van der Waals surface area contributed by atoms with Crippen LogP contribution in [0.1, 0.15) is 22.3 Å². The van der Waals surface area contributed by atoms with Crippen molar-refractivity contribution in [3.63, 3.8) is 0 Å². The summed E-state index contributed by atoms with van der Waals surface area (Å²) in [5.41, 5.74) is -5.13. The van der Waals surface area contributed by atoms with Gasteiger partial charge in [0.15, 0.2) is 0 Å². The van der Waals surface area contributed by atoms with E-state index < -0.39 is 34.8 Å². The molecule has 0 unspecified atom stereocenters. The standard InChI is InChI=1S/C28H23ClF3N3O4/c1-17-4-8-19(9-5-17)26(24(36)39-3)27(28(30,31)32)22-14-20(29)10-13-23(22)34(25(37)35(27)16-33-26)15-18-6-11-21(38-2)12-7-18/h4-14,16H,15H2,1-3H3/t26-,27-/m0/s1. The van der Waals surface area contributed by atoms with Gasteiger partial charge in [-0.25, -0.2) is 14.6 Å². The largest absolute Gasteiger partial charge is 0.497 e. The van der Waals surface area contributed by atoms with Gasteiger partial charge in [0, 0.05) is 10.6 Å². The number of alkyl halides is 3. The number of carbonyl (C=O) groups is 2. The number of aryl methyl sites for hydroxylation is 1. The predicted molar refractivity (Wildman–Crippen MR) is 139 cm³/mol. The lowest BCUT2D eigenvalue weighted by Gasteiger charge is -2.52. The van der Waals surface area contributed by atoms with E-state index in [0.717, 1.165) is 25.1 Å². The number of rotatable bonds is 5. The summed E-state index contributed by atoms with van der Waals surface area (Å²) in [5, 5.41) is -0.00866. The molecule has 0 bridgehead atoms. The Morgan fingerprint density at radius 2 is 1.69 bits per heavy atom. The highest BCUT2D eigenvalue weighted by Crippen LogP contribution is 2.63. The number of hydrogen-bond acceptors (Lipinski definition) is 5. The molecule has 0 saturated heterocycles. The number of halogens is 4. The van der Waals surface area contributed by atoms with Gasteiger partial charge in [0.2, 0.25) is 11.1 Å². The lowest BCUT2D eigenvalue weighted by Crippen LogP contribution is -2.70. The van der Waals surface area contributed by atoms with Crippen molar-refractivity contribution in [1.29, 1.82) is 0 Å². The Bertz CT molecular complexity index is 1480. The quantitative estimate of drug-likeness (QED) is 0.363. The number of amides is 2. The number of carbonyl (C=O) groups excluding carboxylic acids is 2. The van der Waals surface area contributed by atoms with Crippen molar-refractivity contribution in [2.24, 2.45) is 4.99 Å². The molecule has 0 N–H and O–H groups in total. The first-order valence-corrected chi connectivity index (χ1v) is 12.2. The fraction of sp³-hybridized carbons (Fsp3) is 0.250. The molecule has 0 aromatic heterocycles. The van der Waals surface area contributed by atoms with E-state index in [9.17, 15) is 9.59 Å². The Morgan fingerprint density at radius 1 is 1.03 bits per heavy atom. The minimum atomic E-state index is -5.20. The molecule has 5 rings (SSSR count). The summed E-state index contributed by atoms with van der Waals surface area (Å²) in [6.45, 7) is 1.69. The van der Waals surface area contributed by atoms with Gasteiger partial charge in [-0.15, -0.1) is 0 Å². The van der Waals surface area contributed by atoms with Crippen LogP contribution in [0.3, 0.4) is 0 Å². The second-order valence-corrected chi connectivity index (χ2v) is 9.71. The van der Waals surface area contributed by atoms with Crippen LogP contribution in [-0.2, 0) is 27.2 Å². The third-order valence-corrected chi connectivity index (χ3v) is 7.42. The molecule has 7 nitrogen and oxygen atoms in total. The molecular formula is C28H23ClF3N3O4. The number of esters is 1. The first-order chi connectivity index (χ1) is 18.5. The fourth-order valence-corrected chi connectivity index (χ4v) is 5.56. The smallest absolute Gasteiger partial charge is 0.419 e. The molecule has 11 heteroatoms. The molecule has 2 amide bonds. The predicted octanol–water partition coefficient (Wildman–Crippen LogP) is 5.97. The summed E-state index contributed by atoms with van der Waals surface area (Å²) >= 11 is 6.27. The van der Waals surface area contributed by atoms with Crippen molar-refractivity contribution < 1.29 is 32.2 Å². The van der Waals surface area contributed by atoms with E-state index >= 15 is 13.2 Å². The van der Waals surface area contributed by atoms with Crippen molar-refractivity contribution in [3.8, 4) is 5.75 Å². The summed E-state index contributed by atoms with van der Waals surface area (Å²) < 4.78 is 57.3. The number of anilines is 1.